The van der Waals surface area contributed by atoms with E-state index in [4.69, 9.17) is 4.74 Å². The van der Waals surface area contributed by atoms with Crippen LogP contribution in [0.2, 0.25) is 0 Å². The molecule has 0 amide bonds. The fourth-order valence-corrected chi connectivity index (χ4v) is 4.07. The van der Waals surface area contributed by atoms with E-state index in [9.17, 15) is 4.79 Å². The van der Waals surface area contributed by atoms with Crippen molar-refractivity contribution in [3.05, 3.63) is 70.8 Å². The standard InChI is InChI=1S/C24H28N6O2/c1-16-15-29(10-11-30(16)22-14-25-21(13-26-22)24(31)32-4)23-18(3)17(2)20(27-28-23)12-19-8-6-5-7-9-19/h5-9,13-14,16H,10-12,15H2,1-4H3/t16-/m1/s1. The van der Waals surface area contributed by atoms with Gasteiger partial charge in [-0.1, -0.05) is 30.3 Å². The second-order valence-corrected chi connectivity index (χ2v) is 8.12. The summed E-state index contributed by atoms with van der Waals surface area (Å²) in [5.74, 6) is 1.21. The zero-order chi connectivity index (χ0) is 22.7. The van der Waals surface area contributed by atoms with Crippen LogP contribution in [0.3, 0.4) is 0 Å². The number of piperazine rings is 1. The fraction of sp³-hybridized carbons (Fsp3) is 0.375. The van der Waals surface area contributed by atoms with E-state index in [2.05, 4.69) is 62.9 Å². The Balaban J connectivity index is 1.47. The van der Waals surface area contributed by atoms with Crippen LogP contribution in [0.4, 0.5) is 11.6 Å². The highest BCUT2D eigenvalue weighted by Crippen LogP contribution is 2.26. The molecule has 4 rings (SSSR count). The predicted molar refractivity (Wildman–Crippen MR) is 123 cm³/mol. The first-order valence-corrected chi connectivity index (χ1v) is 10.8. The Kier molecular flexibility index (Phi) is 6.30. The topological polar surface area (TPSA) is 84.3 Å². The van der Waals surface area contributed by atoms with Crippen LogP contribution in [0.5, 0.6) is 0 Å². The smallest absolute Gasteiger partial charge is 0.358 e. The number of rotatable bonds is 5. The van der Waals surface area contributed by atoms with Crippen LogP contribution in [0.1, 0.15) is 39.8 Å². The molecule has 1 saturated heterocycles. The maximum absolute atomic E-state index is 11.6. The van der Waals surface area contributed by atoms with Gasteiger partial charge in [-0.15, -0.1) is 5.10 Å². The van der Waals surface area contributed by atoms with Crippen molar-refractivity contribution in [1.29, 1.82) is 0 Å². The lowest BCUT2D eigenvalue weighted by molar-refractivity contribution is 0.0593. The molecule has 1 aliphatic rings. The Morgan fingerprint density at radius 3 is 2.50 bits per heavy atom. The van der Waals surface area contributed by atoms with Crippen molar-refractivity contribution < 1.29 is 9.53 Å². The molecule has 1 atom stereocenters. The number of hydrogen-bond acceptors (Lipinski definition) is 8. The summed E-state index contributed by atoms with van der Waals surface area (Å²) in [4.78, 5) is 24.7. The molecule has 8 nitrogen and oxygen atoms in total. The number of methoxy groups -OCH3 is 1. The molecule has 0 saturated carbocycles. The maximum Gasteiger partial charge on any atom is 0.358 e. The first-order valence-electron chi connectivity index (χ1n) is 10.8. The number of anilines is 2. The van der Waals surface area contributed by atoms with E-state index < -0.39 is 5.97 Å². The summed E-state index contributed by atoms with van der Waals surface area (Å²) in [6, 6.07) is 10.6. The lowest BCUT2D eigenvalue weighted by Gasteiger charge is -2.41. The highest BCUT2D eigenvalue weighted by atomic mass is 16.5. The van der Waals surface area contributed by atoms with Gasteiger partial charge in [0.05, 0.1) is 25.2 Å². The third-order valence-electron chi connectivity index (χ3n) is 6.06. The van der Waals surface area contributed by atoms with Crippen molar-refractivity contribution in [3.63, 3.8) is 0 Å². The molecule has 0 N–H and O–H groups in total. The van der Waals surface area contributed by atoms with Gasteiger partial charge in [0.1, 0.15) is 5.82 Å². The number of aromatic nitrogens is 4. The van der Waals surface area contributed by atoms with Crippen LogP contribution >= 0.6 is 0 Å². The van der Waals surface area contributed by atoms with Crippen molar-refractivity contribution >= 4 is 17.6 Å². The fourth-order valence-electron chi connectivity index (χ4n) is 4.07. The Hall–Kier alpha value is -3.55. The van der Waals surface area contributed by atoms with E-state index in [0.29, 0.717) is 0 Å². The Bertz CT molecular complexity index is 1090. The minimum absolute atomic E-state index is 0.201. The van der Waals surface area contributed by atoms with Crippen molar-refractivity contribution in [1.82, 2.24) is 20.2 Å². The molecule has 3 heterocycles. The minimum Gasteiger partial charge on any atom is -0.464 e. The molecule has 1 aliphatic heterocycles. The highest BCUT2D eigenvalue weighted by Gasteiger charge is 2.27. The number of carbonyl (C=O) groups excluding carboxylic acids is 1. The van der Waals surface area contributed by atoms with Gasteiger partial charge < -0.3 is 14.5 Å². The number of nitrogens with zero attached hydrogens (tertiary/aromatic N) is 6. The Morgan fingerprint density at radius 2 is 1.84 bits per heavy atom. The molecule has 32 heavy (non-hydrogen) atoms. The van der Waals surface area contributed by atoms with E-state index in [1.807, 2.05) is 18.2 Å². The van der Waals surface area contributed by atoms with Gasteiger partial charge in [-0.3, -0.25) is 0 Å². The van der Waals surface area contributed by atoms with Gasteiger partial charge in [-0.05, 0) is 37.5 Å². The number of ether oxygens (including phenoxy) is 1. The molecule has 0 radical (unpaired) electrons. The minimum atomic E-state index is -0.484. The summed E-state index contributed by atoms with van der Waals surface area (Å²) in [6.07, 6.45) is 3.88. The lowest BCUT2D eigenvalue weighted by atomic mass is 10.0. The molecule has 0 unspecified atom stereocenters. The van der Waals surface area contributed by atoms with Gasteiger partial charge in [0.25, 0.3) is 0 Å². The van der Waals surface area contributed by atoms with Gasteiger partial charge in [0.2, 0.25) is 0 Å². The van der Waals surface area contributed by atoms with Gasteiger partial charge >= 0.3 is 5.97 Å². The average Bonchev–Trinajstić information content (AvgIpc) is 2.82. The molecule has 166 valence electrons. The van der Waals surface area contributed by atoms with E-state index in [0.717, 1.165) is 43.4 Å². The SMILES string of the molecule is COC(=O)c1cnc(N2CCN(c3nnc(Cc4ccccc4)c(C)c3C)C[C@H]2C)cn1. The monoisotopic (exact) mass is 432 g/mol. The molecule has 0 spiro atoms. The van der Waals surface area contributed by atoms with Crippen LogP contribution in [0.25, 0.3) is 0 Å². The Labute approximate surface area is 188 Å². The second kappa shape index (κ2) is 9.30. The van der Waals surface area contributed by atoms with Crippen molar-refractivity contribution in [2.75, 3.05) is 36.5 Å². The molecule has 3 aromatic rings. The summed E-state index contributed by atoms with van der Waals surface area (Å²) >= 11 is 0. The highest BCUT2D eigenvalue weighted by molar-refractivity contribution is 5.86. The van der Waals surface area contributed by atoms with Crippen molar-refractivity contribution in [2.24, 2.45) is 0 Å². The van der Waals surface area contributed by atoms with E-state index >= 15 is 0 Å². The van der Waals surface area contributed by atoms with Gasteiger partial charge in [-0.25, -0.2) is 14.8 Å². The summed E-state index contributed by atoms with van der Waals surface area (Å²) in [5.41, 5.74) is 4.83. The first kappa shape index (κ1) is 21.7. The first-order chi connectivity index (χ1) is 15.5. The third kappa shape index (κ3) is 4.39. The van der Waals surface area contributed by atoms with Crippen LogP contribution in [-0.4, -0.2) is 58.9 Å². The summed E-state index contributed by atoms with van der Waals surface area (Å²) in [6.45, 7) is 8.79. The Morgan fingerprint density at radius 1 is 1.06 bits per heavy atom. The molecule has 1 aromatic carbocycles. The molecule has 1 fully saturated rings. The van der Waals surface area contributed by atoms with E-state index in [1.165, 1.54) is 30.0 Å². The quantitative estimate of drug-likeness (QED) is 0.569. The summed E-state index contributed by atoms with van der Waals surface area (Å²) in [7, 11) is 1.33. The second-order valence-electron chi connectivity index (χ2n) is 8.12. The molecular formula is C24H28N6O2. The van der Waals surface area contributed by atoms with Crippen LogP contribution in [0.15, 0.2) is 42.7 Å². The van der Waals surface area contributed by atoms with Gasteiger partial charge in [-0.2, -0.15) is 5.10 Å². The van der Waals surface area contributed by atoms with Crippen LogP contribution in [-0.2, 0) is 11.2 Å². The van der Waals surface area contributed by atoms with E-state index in [1.54, 1.807) is 6.20 Å². The zero-order valence-electron chi connectivity index (χ0n) is 18.9. The lowest BCUT2D eigenvalue weighted by Crippen LogP contribution is -2.53. The maximum atomic E-state index is 11.6. The zero-order valence-corrected chi connectivity index (χ0v) is 18.9. The molecule has 0 bridgehead atoms. The molecular weight excluding hydrogens is 404 g/mol. The predicted octanol–water partition coefficient (Wildman–Crippen LogP) is 2.98. The third-order valence-corrected chi connectivity index (χ3v) is 6.06. The summed E-state index contributed by atoms with van der Waals surface area (Å²) < 4.78 is 4.69. The van der Waals surface area contributed by atoms with Crippen molar-refractivity contribution in [2.45, 2.75) is 33.2 Å². The molecule has 0 aliphatic carbocycles. The summed E-state index contributed by atoms with van der Waals surface area (Å²) in [5, 5.41) is 9.18. The number of esters is 1. The van der Waals surface area contributed by atoms with Gasteiger partial charge in [0, 0.05) is 32.1 Å². The van der Waals surface area contributed by atoms with Crippen LogP contribution in [0, 0.1) is 13.8 Å². The average molecular weight is 433 g/mol. The molecule has 2 aromatic heterocycles. The van der Waals surface area contributed by atoms with Gasteiger partial charge in [0.15, 0.2) is 11.5 Å². The normalized spacial score (nSPS) is 16.2. The molecule has 8 heteroatoms. The van der Waals surface area contributed by atoms with E-state index in [-0.39, 0.29) is 11.7 Å². The van der Waals surface area contributed by atoms with Crippen molar-refractivity contribution in [3.8, 4) is 0 Å². The number of benzene rings is 1. The largest absolute Gasteiger partial charge is 0.464 e. The van der Waals surface area contributed by atoms with Crippen LogP contribution < -0.4 is 9.80 Å². The number of hydrogen-bond donors (Lipinski definition) is 0. The number of carbonyl (C=O) groups is 1.